The van der Waals surface area contributed by atoms with E-state index in [4.69, 9.17) is 4.74 Å². The van der Waals surface area contributed by atoms with E-state index < -0.39 is 5.41 Å². The fourth-order valence-electron chi connectivity index (χ4n) is 1.58. The number of ether oxygens (including phenoxy) is 1. The molecule has 0 aliphatic rings. The zero-order valence-corrected chi connectivity index (χ0v) is 14.2. The topological polar surface area (TPSA) is 64.1 Å². The van der Waals surface area contributed by atoms with Gasteiger partial charge in [0.25, 0.3) is 0 Å². The smallest absolute Gasteiger partial charge is 0.231 e. The van der Waals surface area contributed by atoms with E-state index in [2.05, 4.69) is 15.5 Å². The first-order chi connectivity index (χ1) is 10.3. The van der Waals surface area contributed by atoms with Crippen LogP contribution in [0.1, 0.15) is 31.3 Å². The number of nitrogens with one attached hydrogen (secondary N) is 1. The maximum absolute atomic E-state index is 11.9. The molecule has 5 nitrogen and oxygen atoms in total. The molecule has 0 unspecified atom stereocenters. The number of hydrogen-bond acceptors (Lipinski definition) is 5. The van der Waals surface area contributed by atoms with Crippen molar-refractivity contribution < 1.29 is 9.53 Å². The molecular formula is C16H21N3O2S. The predicted octanol–water partition coefficient (Wildman–Crippen LogP) is 3.45. The van der Waals surface area contributed by atoms with Crippen LogP contribution in [0.25, 0.3) is 0 Å². The third-order valence-electron chi connectivity index (χ3n) is 2.97. The molecule has 0 spiro atoms. The molecule has 22 heavy (non-hydrogen) atoms. The molecule has 1 heterocycles. The number of amides is 1. The Morgan fingerprint density at radius 1 is 1.23 bits per heavy atom. The first kappa shape index (κ1) is 16.4. The average molecular weight is 319 g/mol. The lowest BCUT2D eigenvalue weighted by Crippen LogP contribution is -2.27. The van der Waals surface area contributed by atoms with E-state index in [-0.39, 0.29) is 5.91 Å². The van der Waals surface area contributed by atoms with E-state index in [1.165, 1.54) is 16.9 Å². The van der Waals surface area contributed by atoms with Crippen LogP contribution in [0.3, 0.4) is 0 Å². The molecular weight excluding hydrogens is 298 g/mol. The van der Waals surface area contributed by atoms with Gasteiger partial charge in [-0.3, -0.25) is 4.79 Å². The van der Waals surface area contributed by atoms with Crippen LogP contribution in [0.2, 0.25) is 0 Å². The van der Waals surface area contributed by atoms with Crippen LogP contribution in [0.15, 0.2) is 24.3 Å². The van der Waals surface area contributed by atoms with E-state index in [1.54, 1.807) is 0 Å². The molecule has 1 amide bonds. The van der Waals surface area contributed by atoms with Crippen LogP contribution in [0, 0.1) is 12.3 Å². The van der Waals surface area contributed by atoms with Gasteiger partial charge in [-0.1, -0.05) is 49.8 Å². The fraction of sp³-hybridized carbons (Fsp3) is 0.438. The van der Waals surface area contributed by atoms with Gasteiger partial charge in [0.05, 0.1) is 6.61 Å². The Labute approximate surface area is 134 Å². The van der Waals surface area contributed by atoms with Crippen molar-refractivity contribution in [1.29, 1.82) is 0 Å². The molecule has 6 heteroatoms. The van der Waals surface area contributed by atoms with Gasteiger partial charge < -0.3 is 10.1 Å². The van der Waals surface area contributed by atoms with E-state index in [0.29, 0.717) is 18.2 Å². The van der Waals surface area contributed by atoms with Crippen molar-refractivity contribution in [2.75, 3.05) is 11.9 Å². The molecule has 1 aromatic carbocycles. The number of rotatable bonds is 5. The monoisotopic (exact) mass is 319 g/mol. The van der Waals surface area contributed by atoms with Crippen LogP contribution in [-0.4, -0.2) is 22.7 Å². The lowest BCUT2D eigenvalue weighted by atomic mass is 9.96. The van der Waals surface area contributed by atoms with Crippen LogP contribution in [0.5, 0.6) is 5.75 Å². The highest BCUT2D eigenvalue weighted by molar-refractivity contribution is 7.15. The molecule has 0 bridgehead atoms. The van der Waals surface area contributed by atoms with Gasteiger partial charge >= 0.3 is 0 Å². The van der Waals surface area contributed by atoms with Crippen molar-refractivity contribution >= 4 is 22.4 Å². The van der Waals surface area contributed by atoms with Gasteiger partial charge in [-0.25, -0.2) is 0 Å². The van der Waals surface area contributed by atoms with Crippen molar-refractivity contribution in [3.63, 3.8) is 0 Å². The summed E-state index contributed by atoms with van der Waals surface area (Å²) < 4.78 is 5.66. The highest BCUT2D eigenvalue weighted by atomic mass is 32.1. The molecule has 0 fully saturated rings. The third kappa shape index (κ3) is 4.80. The average Bonchev–Trinajstić information content (AvgIpc) is 2.87. The van der Waals surface area contributed by atoms with Gasteiger partial charge in [0.15, 0.2) is 0 Å². The van der Waals surface area contributed by atoms with Crippen molar-refractivity contribution in [3.8, 4) is 5.75 Å². The van der Waals surface area contributed by atoms with Gasteiger partial charge in [0, 0.05) is 11.8 Å². The maximum atomic E-state index is 11.9. The van der Waals surface area contributed by atoms with Gasteiger partial charge in [0.2, 0.25) is 11.0 Å². The van der Waals surface area contributed by atoms with E-state index in [1.807, 2.05) is 52.0 Å². The summed E-state index contributed by atoms with van der Waals surface area (Å²) in [5.74, 6) is 0.780. The zero-order valence-electron chi connectivity index (χ0n) is 13.3. The van der Waals surface area contributed by atoms with E-state index in [9.17, 15) is 4.79 Å². The second-order valence-electron chi connectivity index (χ2n) is 6.12. The number of aromatic nitrogens is 2. The molecule has 0 saturated carbocycles. The highest BCUT2D eigenvalue weighted by Crippen LogP contribution is 2.21. The van der Waals surface area contributed by atoms with Crippen molar-refractivity contribution in [2.45, 2.75) is 34.1 Å². The Balaban J connectivity index is 1.82. The largest absolute Gasteiger partial charge is 0.493 e. The normalized spacial score (nSPS) is 11.3. The van der Waals surface area contributed by atoms with Crippen molar-refractivity contribution in [2.24, 2.45) is 5.41 Å². The highest BCUT2D eigenvalue weighted by Gasteiger charge is 2.22. The van der Waals surface area contributed by atoms with Crippen LogP contribution in [0.4, 0.5) is 5.13 Å². The molecule has 0 aliphatic heterocycles. The van der Waals surface area contributed by atoms with Crippen LogP contribution in [-0.2, 0) is 11.2 Å². The minimum absolute atomic E-state index is 0.0638. The Bertz CT molecular complexity index is 630. The quantitative estimate of drug-likeness (QED) is 0.916. The lowest BCUT2D eigenvalue weighted by molar-refractivity contribution is -0.123. The predicted molar refractivity (Wildman–Crippen MR) is 88.4 cm³/mol. The van der Waals surface area contributed by atoms with Gasteiger partial charge in [-0.15, -0.1) is 10.2 Å². The second-order valence-corrected chi connectivity index (χ2v) is 7.18. The van der Waals surface area contributed by atoms with Crippen LogP contribution < -0.4 is 10.1 Å². The van der Waals surface area contributed by atoms with Gasteiger partial charge in [-0.05, 0) is 19.1 Å². The Morgan fingerprint density at radius 2 is 1.91 bits per heavy atom. The Morgan fingerprint density at radius 3 is 2.55 bits per heavy atom. The van der Waals surface area contributed by atoms with Gasteiger partial charge in [-0.2, -0.15) is 0 Å². The SMILES string of the molecule is Cc1ccc(OCCc2nnc(NC(=O)C(C)(C)C)s2)cc1. The first-order valence-corrected chi connectivity index (χ1v) is 7.99. The van der Waals surface area contributed by atoms with E-state index >= 15 is 0 Å². The summed E-state index contributed by atoms with van der Waals surface area (Å²) in [7, 11) is 0. The molecule has 0 radical (unpaired) electrons. The minimum Gasteiger partial charge on any atom is -0.493 e. The van der Waals surface area contributed by atoms with E-state index in [0.717, 1.165) is 10.8 Å². The number of aryl methyl sites for hydroxylation is 1. The Kier molecular flexibility index (Phi) is 5.13. The molecule has 1 N–H and O–H groups in total. The first-order valence-electron chi connectivity index (χ1n) is 7.18. The maximum Gasteiger partial charge on any atom is 0.231 e. The third-order valence-corrected chi connectivity index (χ3v) is 3.87. The van der Waals surface area contributed by atoms with Crippen molar-refractivity contribution in [1.82, 2.24) is 10.2 Å². The van der Waals surface area contributed by atoms with Crippen LogP contribution >= 0.6 is 11.3 Å². The lowest BCUT2D eigenvalue weighted by Gasteiger charge is -2.15. The molecule has 0 saturated heterocycles. The number of nitrogens with zero attached hydrogens (tertiary/aromatic N) is 2. The summed E-state index contributed by atoms with van der Waals surface area (Å²) in [6.07, 6.45) is 0.664. The summed E-state index contributed by atoms with van der Waals surface area (Å²) in [6.45, 7) is 8.16. The molecule has 0 atom stereocenters. The number of carbonyl (C=O) groups excluding carboxylic acids is 1. The molecule has 118 valence electrons. The number of anilines is 1. The summed E-state index contributed by atoms with van der Waals surface area (Å²) >= 11 is 1.38. The number of carbonyl (C=O) groups is 1. The second kappa shape index (κ2) is 6.87. The standard InChI is InChI=1S/C16H21N3O2S/c1-11-5-7-12(8-6-11)21-10-9-13-18-19-15(22-13)17-14(20)16(2,3)4/h5-8H,9-10H2,1-4H3,(H,17,19,20). The summed E-state index contributed by atoms with van der Waals surface area (Å²) in [5.41, 5.74) is 0.760. The molecule has 2 rings (SSSR count). The Hall–Kier alpha value is -1.95. The summed E-state index contributed by atoms with van der Waals surface area (Å²) in [5, 5.41) is 12.2. The zero-order chi connectivity index (χ0) is 16.2. The number of hydrogen-bond donors (Lipinski definition) is 1. The van der Waals surface area contributed by atoms with Gasteiger partial charge in [0.1, 0.15) is 10.8 Å². The molecule has 2 aromatic rings. The summed E-state index contributed by atoms with van der Waals surface area (Å²) in [6, 6.07) is 7.93. The minimum atomic E-state index is -0.444. The summed E-state index contributed by atoms with van der Waals surface area (Å²) in [4.78, 5) is 11.9. The molecule has 0 aliphatic carbocycles. The fourth-order valence-corrected chi connectivity index (χ4v) is 2.30. The molecule has 1 aromatic heterocycles. The van der Waals surface area contributed by atoms with Crippen molar-refractivity contribution in [3.05, 3.63) is 34.8 Å². The number of benzene rings is 1.